The van der Waals surface area contributed by atoms with E-state index in [1.807, 2.05) is 27.7 Å². The van der Waals surface area contributed by atoms with Crippen LogP contribution >= 0.6 is 0 Å². The first-order valence-electron chi connectivity index (χ1n) is 6.57. The highest BCUT2D eigenvalue weighted by Crippen LogP contribution is 2.08. The number of hydrogen-bond donors (Lipinski definition) is 2. The molecule has 0 aromatic carbocycles. The van der Waals surface area contributed by atoms with Crippen molar-refractivity contribution in [1.29, 1.82) is 0 Å². The molecule has 0 aromatic heterocycles. The van der Waals surface area contributed by atoms with Crippen molar-refractivity contribution in [3.63, 3.8) is 0 Å². The van der Waals surface area contributed by atoms with Crippen LogP contribution in [0.2, 0.25) is 0 Å². The van der Waals surface area contributed by atoms with Crippen LogP contribution in [-0.4, -0.2) is 54.4 Å². The molecule has 0 rings (SSSR count). The van der Waals surface area contributed by atoms with Gasteiger partial charge in [-0.05, 0) is 19.8 Å². The van der Waals surface area contributed by atoms with E-state index in [-0.39, 0.29) is 30.5 Å². The van der Waals surface area contributed by atoms with E-state index in [9.17, 15) is 9.59 Å². The van der Waals surface area contributed by atoms with E-state index >= 15 is 0 Å². The first kappa shape index (κ1) is 17.7. The van der Waals surface area contributed by atoms with Crippen molar-refractivity contribution in [2.45, 2.75) is 46.2 Å². The van der Waals surface area contributed by atoms with Crippen LogP contribution in [-0.2, 0) is 9.53 Å². The Kier molecular flexibility index (Phi) is 8.14. The molecule has 0 aliphatic rings. The Morgan fingerprint density at radius 1 is 1.26 bits per heavy atom. The van der Waals surface area contributed by atoms with E-state index in [4.69, 9.17) is 9.84 Å². The van der Waals surface area contributed by atoms with Gasteiger partial charge in [0.15, 0.2) is 0 Å². The fourth-order valence-electron chi connectivity index (χ4n) is 1.67. The minimum absolute atomic E-state index is 0.0350. The lowest BCUT2D eigenvalue weighted by molar-refractivity contribution is -0.137. The average molecular weight is 274 g/mol. The molecule has 2 amide bonds. The Morgan fingerprint density at radius 3 is 2.21 bits per heavy atom. The van der Waals surface area contributed by atoms with Crippen molar-refractivity contribution in [1.82, 2.24) is 10.2 Å². The lowest BCUT2D eigenvalue weighted by Gasteiger charge is -2.30. The number of carboxylic acid groups (broad SMARTS) is 1. The minimum Gasteiger partial charge on any atom is -0.481 e. The number of carbonyl (C=O) groups excluding carboxylic acids is 1. The predicted octanol–water partition coefficient (Wildman–Crippen LogP) is 1.55. The molecular formula is C13H26N2O4. The van der Waals surface area contributed by atoms with Crippen LogP contribution in [0.3, 0.4) is 0 Å². The topological polar surface area (TPSA) is 78.9 Å². The number of nitrogens with zero attached hydrogens (tertiary/aromatic N) is 1. The largest absolute Gasteiger partial charge is 0.481 e. The van der Waals surface area contributed by atoms with Crippen molar-refractivity contribution in [2.75, 3.05) is 20.3 Å². The van der Waals surface area contributed by atoms with Gasteiger partial charge in [-0.3, -0.25) is 4.79 Å². The third-order valence-corrected chi connectivity index (χ3v) is 2.93. The minimum atomic E-state index is -0.910. The summed E-state index contributed by atoms with van der Waals surface area (Å²) in [5, 5.41) is 11.6. The summed E-state index contributed by atoms with van der Waals surface area (Å²) in [5.41, 5.74) is 0. The maximum Gasteiger partial charge on any atom is 0.317 e. The van der Waals surface area contributed by atoms with E-state index in [0.717, 1.165) is 0 Å². The van der Waals surface area contributed by atoms with Crippen molar-refractivity contribution >= 4 is 12.0 Å². The Balaban J connectivity index is 4.61. The number of aliphatic carboxylic acids is 1. The summed E-state index contributed by atoms with van der Waals surface area (Å²) in [6.45, 7) is 8.55. The van der Waals surface area contributed by atoms with Gasteiger partial charge in [-0.1, -0.05) is 13.8 Å². The van der Waals surface area contributed by atoms with Gasteiger partial charge in [0.25, 0.3) is 0 Å². The van der Waals surface area contributed by atoms with Crippen LogP contribution in [0.4, 0.5) is 4.79 Å². The summed E-state index contributed by atoms with van der Waals surface area (Å²) in [6, 6.07) is -0.575. The van der Waals surface area contributed by atoms with Gasteiger partial charge in [0.2, 0.25) is 0 Å². The molecule has 1 atom stereocenters. The normalized spacial score (nSPS) is 12.6. The smallest absolute Gasteiger partial charge is 0.317 e. The van der Waals surface area contributed by atoms with Gasteiger partial charge in [0, 0.05) is 25.7 Å². The standard InChI is InChI=1S/C13H26N2O4/c1-9(2)11(8-12(16)17)14-13(18)15(10(3)4)6-7-19-5/h9-11H,6-8H2,1-5H3,(H,14,18)(H,16,17). The maximum atomic E-state index is 12.2. The first-order valence-corrected chi connectivity index (χ1v) is 6.57. The Morgan fingerprint density at radius 2 is 1.84 bits per heavy atom. The van der Waals surface area contributed by atoms with E-state index < -0.39 is 5.97 Å². The molecule has 0 saturated heterocycles. The predicted molar refractivity (Wildman–Crippen MR) is 73.1 cm³/mol. The third-order valence-electron chi connectivity index (χ3n) is 2.93. The molecule has 0 aromatic rings. The number of methoxy groups -OCH3 is 1. The zero-order valence-electron chi connectivity index (χ0n) is 12.5. The molecule has 6 heteroatoms. The quantitative estimate of drug-likeness (QED) is 0.704. The van der Waals surface area contributed by atoms with E-state index in [1.165, 1.54) is 0 Å². The number of rotatable bonds is 8. The lowest BCUT2D eigenvalue weighted by atomic mass is 10.0. The van der Waals surface area contributed by atoms with Crippen LogP contribution in [0.25, 0.3) is 0 Å². The number of urea groups is 1. The molecule has 0 aliphatic heterocycles. The Hall–Kier alpha value is -1.30. The van der Waals surface area contributed by atoms with E-state index in [1.54, 1.807) is 12.0 Å². The second-order valence-corrected chi connectivity index (χ2v) is 5.18. The third kappa shape index (κ3) is 7.00. The van der Waals surface area contributed by atoms with Gasteiger partial charge in [-0.15, -0.1) is 0 Å². The van der Waals surface area contributed by atoms with Gasteiger partial charge in [0.1, 0.15) is 0 Å². The van der Waals surface area contributed by atoms with Gasteiger partial charge in [-0.25, -0.2) is 4.79 Å². The van der Waals surface area contributed by atoms with Crippen LogP contribution in [0.5, 0.6) is 0 Å². The molecule has 0 saturated carbocycles. The number of carbonyl (C=O) groups is 2. The van der Waals surface area contributed by atoms with Gasteiger partial charge >= 0.3 is 12.0 Å². The van der Waals surface area contributed by atoms with E-state index in [2.05, 4.69) is 5.32 Å². The highest BCUT2D eigenvalue weighted by atomic mass is 16.5. The fraction of sp³-hybridized carbons (Fsp3) is 0.846. The zero-order valence-corrected chi connectivity index (χ0v) is 12.5. The number of nitrogens with one attached hydrogen (secondary N) is 1. The molecule has 2 N–H and O–H groups in total. The lowest BCUT2D eigenvalue weighted by Crippen LogP contribution is -2.50. The van der Waals surface area contributed by atoms with Gasteiger partial charge < -0.3 is 20.1 Å². The Labute approximate surface area is 115 Å². The highest BCUT2D eigenvalue weighted by Gasteiger charge is 2.23. The number of hydrogen-bond acceptors (Lipinski definition) is 3. The second kappa shape index (κ2) is 8.74. The molecular weight excluding hydrogens is 248 g/mol. The molecule has 0 fully saturated rings. The molecule has 6 nitrogen and oxygen atoms in total. The van der Waals surface area contributed by atoms with Crippen LogP contribution in [0.1, 0.15) is 34.1 Å². The average Bonchev–Trinajstić information content (AvgIpc) is 2.27. The molecule has 1 unspecified atom stereocenters. The maximum absolute atomic E-state index is 12.2. The molecule has 19 heavy (non-hydrogen) atoms. The monoisotopic (exact) mass is 274 g/mol. The van der Waals surface area contributed by atoms with E-state index in [0.29, 0.717) is 13.2 Å². The molecule has 0 spiro atoms. The van der Waals surface area contributed by atoms with Crippen molar-refractivity contribution in [3.05, 3.63) is 0 Å². The van der Waals surface area contributed by atoms with Crippen molar-refractivity contribution in [2.24, 2.45) is 5.92 Å². The summed E-state index contributed by atoms with van der Waals surface area (Å²) in [5.74, 6) is -0.844. The number of ether oxygens (including phenoxy) is 1. The Bertz CT molecular complexity index is 292. The number of carboxylic acids is 1. The fourth-order valence-corrected chi connectivity index (χ4v) is 1.67. The SMILES string of the molecule is COCCN(C(=O)NC(CC(=O)O)C(C)C)C(C)C. The van der Waals surface area contributed by atoms with Gasteiger partial charge in [0.05, 0.1) is 13.0 Å². The van der Waals surface area contributed by atoms with Gasteiger partial charge in [-0.2, -0.15) is 0 Å². The highest BCUT2D eigenvalue weighted by molar-refractivity contribution is 5.76. The second-order valence-electron chi connectivity index (χ2n) is 5.18. The molecule has 0 heterocycles. The molecule has 0 radical (unpaired) electrons. The zero-order chi connectivity index (χ0) is 15.0. The van der Waals surface area contributed by atoms with Crippen LogP contribution in [0.15, 0.2) is 0 Å². The molecule has 112 valence electrons. The number of amides is 2. The summed E-state index contributed by atoms with van der Waals surface area (Å²) in [6.07, 6.45) is -0.0698. The molecule has 0 bridgehead atoms. The van der Waals surface area contributed by atoms with Crippen molar-refractivity contribution in [3.8, 4) is 0 Å². The summed E-state index contributed by atoms with van der Waals surface area (Å²) >= 11 is 0. The molecule has 0 aliphatic carbocycles. The summed E-state index contributed by atoms with van der Waals surface area (Å²) < 4.78 is 4.97. The first-order chi connectivity index (χ1) is 8.79. The van der Waals surface area contributed by atoms with Crippen LogP contribution < -0.4 is 5.32 Å². The van der Waals surface area contributed by atoms with Crippen LogP contribution in [0, 0.1) is 5.92 Å². The summed E-state index contributed by atoms with van der Waals surface area (Å²) in [7, 11) is 1.58. The summed E-state index contributed by atoms with van der Waals surface area (Å²) in [4.78, 5) is 24.6. The van der Waals surface area contributed by atoms with Crippen molar-refractivity contribution < 1.29 is 19.4 Å².